The summed E-state index contributed by atoms with van der Waals surface area (Å²) in [5, 5.41) is 0. The van der Waals surface area contributed by atoms with Gasteiger partial charge < -0.3 is 28.6 Å². The Labute approximate surface area is 224 Å². The molecule has 2 aromatic rings. The van der Waals surface area contributed by atoms with Crippen LogP contribution in [-0.4, -0.2) is 9.79 Å². The molecule has 0 fully saturated rings. The van der Waals surface area contributed by atoms with Crippen LogP contribution in [0.1, 0.15) is 0 Å². The SMILES string of the molecule is O=P([O-])(O)Oc1ccccc1.O=P([O-])(O)Oc1ccccc1.[K+].[K+]. The van der Waals surface area contributed by atoms with E-state index in [-0.39, 0.29) is 114 Å². The predicted molar refractivity (Wildman–Crippen MR) is 73.8 cm³/mol. The molecule has 0 spiro atoms. The van der Waals surface area contributed by atoms with Gasteiger partial charge in [-0.25, -0.2) is 0 Å². The van der Waals surface area contributed by atoms with Crippen molar-refractivity contribution in [3.63, 3.8) is 0 Å². The Morgan fingerprint density at radius 2 is 0.917 bits per heavy atom. The summed E-state index contributed by atoms with van der Waals surface area (Å²) in [7, 11) is -9.28. The quantitative estimate of drug-likeness (QED) is 0.368. The maximum Gasteiger partial charge on any atom is 1.00 e. The minimum atomic E-state index is -4.64. The fourth-order valence-electron chi connectivity index (χ4n) is 1.23. The average Bonchev–Trinajstić information content (AvgIpc) is 2.38. The zero-order chi connectivity index (χ0) is 16.6. The third kappa shape index (κ3) is 15.8. The molecule has 2 unspecified atom stereocenters. The average molecular weight is 424 g/mol. The molecule has 0 amide bonds. The number of phosphoric ester groups is 2. The molecule has 2 aromatic carbocycles. The zero-order valence-corrected chi connectivity index (χ0v) is 21.0. The molecule has 24 heavy (non-hydrogen) atoms. The van der Waals surface area contributed by atoms with Crippen LogP contribution in [-0.2, 0) is 9.13 Å². The van der Waals surface area contributed by atoms with Crippen molar-refractivity contribution in [2.24, 2.45) is 0 Å². The maximum atomic E-state index is 10.2. The van der Waals surface area contributed by atoms with E-state index in [4.69, 9.17) is 9.79 Å². The van der Waals surface area contributed by atoms with Gasteiger partial charge in [-0.15, -0.1) is 0 Å². The Morgan fingerprint density at radius 1 is 0.667 bits per heavy atom. The summed E-state index contributed by atoms with van der Waals surface area (Å²) in [5.41, 5.74) is 0. The molecule has 8 nitrogen and oxygen atoms in total. The van der Waals surface area contributed by atoms with E-state index in [0.717, 1.165) is 0 Å². The van der Waals surface area contributed by atoms with Crippen molar-refractivity contribution < 1.29 is 141 Å². The van der Waals surface area contributed by atoms with Gasteiger partial charge in [0.25, 0.3) is 0 Å². The van der Waals surface area contributed by atoms with Crippen molar-refractivity contribution in [2.45, 2.75) is 0 Å². The molecular weight excluding hydrogens is 412 g/mol. The van der Waals surface area contributed by atoms with Crippen LogP contribution in [0.15, 0.2) is 60.7 Å². The van der Waals surface area contributed by atoms with E-state index < -0.39 is 15.6 Å². The Kier molecular flexibility index (Phi) is 15.9. The van der Waals surface area contributed by atoms with Crippen LogP contribution in [0.5, 0.6) is 11.5 Å². The molecule has 120 valence electrons. The van der Waals surface area contributed by atoms with Crippen molar-refractivity contribution in [1.29, 1.82) is 0 Å². The number of hydrogen-bond acceptors (Lipinski definition) is 6. The van der Waals surface area contributed by atoms with Gasteiger partial charge >= 0.3 is 118 Å². The van der Waals surface area contributed by atoms with Gasteiger partial charge in [0.05, 0.1) is 0 Å². The number of hydrogen-bond donors (Lipinski definition) is 2. The standard InChI is InChI=1S/2C6H7O4P.2K/c2*7-11(8,9)10-6-4-2-1-3-5-6;;/h2*1-5H,(H2,7,8,9);;/q;;2*+1/p-2. The Morgan fingerprint density at radius 3 is 1.12 bits per heavy atom. The first kappa shape index (κ1) is 27.8. The molecule has 0 aromatic heterocycles. The number of benzene rings is 2. The van der Waals surface area contributed by atoms with Crippen LogP contribution in [0.2, 0.25) is 0 Å². The first-order chi connectivity index (χ1) is 10.2. The maximum absolute atomic E-state index is 10.2. The van der Waals surface area contributed by atoms with Gasteiger partial charge in [-0.1, -0.05) is 36.4 Å². The van der Waals surface area contributed by atoms with Gasteiger partial charge in [0, 0.05) is 0 Å². The number of para-hydroxylation sites is 2. The molecule has 2 atom stereocenters. The summed E-state index contributed by atoms with van der Waals surface area (Å²) in [6, 6.07) is 15.6. The van der Waals surface area contributed by atoms with Crippen molar-refractivity contribution >= 4 is 15.6 Å². The van der Waals surface area contributed by atoms with E-state index in [1.54, 1.807) is 36.4 Å². The molecule has 2 rings (SSSR count). The molecule has 0 saturated heterocycles. The smallest absolute Gasteiger partial charge is 0.746 e. The molecule has 0 aliphatic carbocycles. The molecule has 0 saturated carbocycles. The molecule has 0 aliphatic rings. The van der Waals surface area contributed by atoms with Crippen molar-refractivity contribution in [3.05, 3.63) is 60.7 Å². The van der Waals surface area contributed by atoms with E-state index in [9.17, 15) is 18.9 Å². The van der Waals surface area contributed by atoms with Crippen LogP contribution in [0.25, 0.3) is 0 Å². The summed E-state index contributed by atoms with van der Waals surface area (Å²) < 4.78 is 28.6. The van der Waals surface area contributed by atoms with Crippen LogP contribution < -0.4 is 122 Å². The van der Waals surface area contributed by atoms with E-state index in [0.29, 0.717) is 0 Å². The molecule has 12 heteroatoms. The molecule has 0 bridgehead atoms. The normalized spacial score (nSPS) is 14.2. The summed E-state index contributed by atoms with van der Waals surface area (Å²) >= 11 is 0. The Hall–Kier alpha value is 1.61. The van der Waals surface area contributed by atoms with E-state index in [2.05, 4.69) is 9.05 Å². The second-order valence-corrected chi connectivity index (χ2v) is 5.99. The summed E-state index contributed by atoms with van der Waals surface area (Å²) in [6.07, 6.45) is 0. The van der Waals surface area contributed by atoms with E-state index in [1.165, 1.54) is 24.3 Å². The number of rotatable bonds is 4. The second kappa shape index (κ2) is 13.7. The summed E-state index contributed by atoms with van der Waals surface area (Å²) in [5.74, 6) is 0.210. The minimum Gasteiger partial charge on any atom is -0.746 e. The van der Waals surface area contributed by atoms with Gasteiger partial charge in [0.1, 0.15) is 11.5 Å². The third-order valence-corrected chi connectivity index (χ3v) is 2.81. The fraction of sp³-hybridized carbons (Fsp3) is 0. The van der Waals surface area contributed by atoms with Crippen molar-refractivity contribution in [1.82, 2.24) is 0 Å². The predicted octanol–water partition coefficient (Wildman–Crippen LogP) is -4.94. The van der Waals surface area contributed by atoms with Gasteiger partial charge in [0.2, 0.25) is 0 Å². The molecule has 0 aliphatic heterocycles. The Balaban J connectivity index is 0. The molecule has 2 N–H and O–H groups in total. The van der Waals surface area contributed by atoms with Crippen LogP contribution in [0.4, 0.5) is 0 Å². The topological polar surface area (TPSA) is 139 Å². The van der Waals surface area contributed by atoms with Crippen molar-refractivity contribution in [2.75, 3.05) is 0 Å². The molecule has 0 heterocycles. The number of phosphoric acid groups is 2. The second-order valence-electron chi connectivity index (χ2n) is 3.75. The minimum absolute atomic E-state index is 0. The van der Waals surface area contributed by atoms with Gasteiger partial charge in [0.15, 0.2) is 0 Å². The molecular formula is C12H12K2O8P2. The zero-order valence-electron chi connectivity index (χ0n) is 13.0. The van der Waals surface area contributed by atoms with Crippen LogP contribution >= 0.6 is 15.6 Å². The van der Waals surface area contributed by atoms with Gasteiger partial charge in [-0.3, -0.25) is 9.13 Å². The third-order valence-electron chi connectivity index (χ3n) is 1.93. The first-order valence-electron chi connectivity index (χ1n) is 5.73. The van der Waals surface area contributed by atoms with E-state index in [1.807, 2.05) is 0 Å². The van der Waals surface area contributed by atoms with E-state index >= 15 is 0 Å². The van der Waals surface area contributed by atoms with Crippen LogP contribution in [0, 0.1) is 0 Å². The Bertz CT molecular complexity index is 600. The first-order valence-corrected chi connectivity index (χ1v) is 8.72. The largest absolute Gasteiger partial charge is 1.00 e. The monoisotopic (exact) mass is 424 g/mol. The fourth-order valence-corrected chi connectivity index (χ4v) is 2.01. The van der Waals surface area contributed by atoms with Gasteiger partial charge in [-0.05, 0) is 24.3 Å². The summed E-state index contributed by atoms with van der Waals surface area (Å²) in [6.45, 7) is 0. The summed E-state index contributed by atoms with van der Waals surface area (Å²) in [4.78, 5) is 36.8. The van der Waals surface area contributed by atoms with Gasteiger partial charge in [-0.2, -0.15) is 0 Å². The van der Waals surface area contributed by atoms with Crippen molar-refractivity contribution in [3.8, 4) is 11.5 Å². The van der Waals surface area contributed by atoms with Crippen LogP contribution in [0.3, 0.4) is 0 Å². The molecule has 0 radical (unpaired) electrons.